The second-order valence-electron chi connectivity index (χ2n) is 7.64. The lowest BCUT2D eigenvalue weighted by Gasteiger charge is -2.19. The maximum absolute atomic E-state index is 2.36. The summed E-state index contributed by atoms with van der Waals surface area (Å²) in [7, 11) is 2.16. The molecule has 0 saturated heterocycles. The second kappa shape index (κ2) is 5.24. The molecule has 4 aromatic rings. The average molecular weight is 313 g/mol. The summed E-state index contributed by atoms with van der Waals surface area (Å²) >= 11 is 0. The summed E-state index contributed by atoms with van der Waals surface area (Å²) in [6.45, 7) is 6.81. The highest BCUT2D eigenvalue weighted by Crippen LogP contribution is 2.34. The van der Waals surface area contributed by atoms with E-state index in [0.717, 1.165) is 0 Å². The van der Waals surface area contributed by atoms with Crippen LogP contribution in [-0.2, 0) is 12.5 Å². The number of fused-ring (bicyclic) bond motifs is 3. The van der Waals surface area contributed by atoms with Crippen LogP contribution < -0.4 is 0 Å². The number of hydrogen-bond donors (Lipinski definition) is 0. The zero-order valence-electron chi connectivity index (χ0n) is 14.8. The summed E-state index contributed by atoms with van der Waals surface area (Å²) in [6, 6.07) is 24.3. The number of hydrogen-bond acceptors (Lipinski definition) is 0. The number of aromatic nitrogens is 1. The largest absolute Gasteiger partial charge is 0.344 e. The molecule has 3 aromatic carbocycles. The summed E-state index contributed by atoms with van der Waals surface area (Å²) in [5, 5.41) is 2.68. The molecule has 1 aromatic heterocycles. The first-order valence-corrected chi connectivity index (χ1v) is 8.53. The summed E-state index contributed by atoms with van der Waals surface area (Å²) in [4.78, 5) is 0. The Labute approximate surface area is 143 Å². The highest BCUT2D eigenvalue weighted by molar-refractivity contribution is 6.09. The van der Waals surface area contributed by atoms with Crippen LogP contribution in [0.3, 0.4) is 0 Å². The molecule has 0 unspecified atom stereocenters. The van der Waals surface area contributed by atoms with Crippen LogP contribution in [0.4, 0.5) is 0 Å². The number of rotatable bonds is 1. The van der Waals surface area contributed by atoms with E-state index in [1.165, 1.54) is 38.5 Å². The standard InChI is InChI=1S/C23H23N/c1-23(2,3)18-11-13-21-20(15-18)19-12-10-17(14-22(19)24(21)4)16-8-6-5-7-9-16/h5-15H,1-4H3. The van der Waals surface area contributed by atoms with E-state index in [9.17, 15) is 0 Å². The minimum absolute atomic E-state index is 0.167. The van der Waals surface area contributed by atoms with E-state index in [1.807, 2.05) is 0 Å². The Hall–Kier alpha value is -2.54. The first kappa shape index (κ1) is 15.0. The third-order valence-electron chi connectivity index (χ3n) is 4.98. The van der Waals surface area contributed by atoms with E-state index in [0.29, 0.717) is 0 Å². The van der Waals surface area contributed by atoms with Crippen molar-refractivity contribution in [1.29, 1.82) is 0 Å². The third-order valence-corrected chi connectivity index (χ3v) is 4.98. The quantitative estimate of drug-likeness (QED) is 0.389. The summed E-state index contributed by atoms with van der Waals surface area (Å²) in [6.07, 6.45) is 0. The van der Waals surface area contributed by atoms with Crippen molar-refractivity contribution in [2.24, 2.45) is 7.05 Å². The van der Waals surface area contributed by atoms with Gasteiger partial charge in [-0.25, -0.2) is 0 Å². The molecule has 0 N–H and O–H groups in total. The maximum atomic E-state index is 2.36. The van der Waals surface area contributed by atoms with Gasteiger partial charge in [-0.3, -0.25) is 0 Å². The van der Waals surface area contributed by atoms with Crippen LogP contribution in [0, 0.1) is 0 Å². The topological polar surface area (TPSA) is 4.93 Å². The van der Waals surface area contributed by atoms with Crippen molar-refractivity contribution in [3.05, 3.63) is 72.3 Å². The van der Waals surface area contributed by atoms with Crippen molar-refractivity contribution < 1.29 is 0 Å². The SMILES string of the molecule is Cn1c2ccc(C(C)(C)C)cc2c2ccc(-c3ccccc3)cc21. The molecule has 0 atom stereocenters. The Kier molecular flexibility index (Phi) is 3.28. The lowest BCUT2D eigenvalue weighted by Crippen LogP contribution is -2.10. The number of nitrogens with zero attached hydrogens (tertiary/aromatic N) is 1. The van der Waals surface area contributed by atoms with E-state index < -0.39 is 0 Å². The predicted molar refractivity (Wildman–Crippen MR) is 105 cm³/mol. The Balaban J connectivity index is 1.98. The molecule has 0 aliphatic heterocycles. The van der Waals surface area contributed by atoms with Gasteiger partial charge in [0.2, 0.25) is 0 Å². The molecular formula is C23H23N. The zero-order valence-corrected chi connectivity index (χ0v) is 14.8. The van der Waals surface area contributed by atoms with Gasteiger partial charge in [0, 0.05) is 28.9 Å². The molecule has 0 aliphatic rings. The van der Waals surface area contributed by atoms with Crippen molar-refractivity contribution in [1.82, 2.24) is 4.57 Å². The Morgan fingerprint density at radius 1 is 0.667 bits per heavy atom. The fraction of sp³-hybridized carbons (Fsp3) is 0.217. The van der Waals surface area contributed by atoms with Crippen LogP contribution >= 0.6 is 0 Å². The fourth-order valence-corrected chi connectivity index (χ4v) is 3.49. The van der Waals surface area contributed by atoms with Gasteiger partial charge in [-0.1, -0.05) is 69.3 Å². The van der Waals surface area contributed by atoms with Gasteiger partial charge in [0.15, 0.2) is 0 Å². The van der Waals surface area contributed by atoms with Crippen molar-refractivity contribution in [2.75, 3.05) is 0 Å². The van der Waals surface area contributed by atoms with Crippen molar-refractivity contribution >= 4 is 21.8 Å². The highest BCUT2D eigenvalue weighted by Gasteiger charge is 2.16. The van der Waals surface area contributed by atoms with Crippen LogP contribution in [0.1, 0.15) is 26.3 Å². The molecule has 0 aliphatic carbocycles. The second-order valence-corrected chi connectivity index (χ2v) is 7.64. The van der Waals surface area contributed by atoms with Crippen molar-refractivity contribution in [2.45, 2.75) is 26.2 Å². The summed E-state index contributed by atoms with van der Waals surface area (Å²) in [5.74, 6) is 0. The first-order valence-electron chi connectivity index (χ1n) is 8.53. The molecule has 120 valence electrons. The van der Waals surface area contributed by atoms with Crippen LogP contribution in [-0.4, -0.2) is 4.57 Å². The number of benzene rings is 3. The molecule has 4 rings (SSSR count). The maximum Gasteiger partial charge on any atom is 0.0494 e. The molecule has 0 radical (unpaired) electrons. The summed E-state index contributed by atoms with van der Waals surface area (Å²) < 4.78 is 2.31. The molecule has 0 fully saturated rings. The molecule has 1 heteroatoms. The Morgan fingerprint density at radius 2 is 1.42 bits per heavy atom. The molecule has 1 heterocycles. The Morgan fingerprint density at radius 3 is 2.12 bits per heavy atom. The zero-order chi connectivity index (χ0) is 16.9. The Bertz CT molecular complexity index is 1030. The summed E-state index contributed by atoms with van der Waals surface area (Å²) in [5.41, 5.74) is 6.67. The molecular weight excluding hydrogens is 290 g/mol. The minimum Gasteiger partial charge on any atom is -0.344 e. The normalized spacial score (nSPS) is 12.2. The highest BCUT2D eigenvalue weighted by atomic mass is 14.9. The van der Waals surface area contributed by atoms with Crippen molar-refractivity contribution in [3.8, 4) is 11.1 Å². The van der Waals surface area contributed by atoms with Gasteiger partial charge in [-0.15, -0.1) is 0 Å². The van der Waals surface area contributed by atoms with Gasteiger partial charge in [0.05, 0.1) is 0 Å². The van der Waals surface area contributed by atoms with E-state index in [4.69, 9.17) is 0 Å². The third kappa shape index (κ3) is 2.32. The van der Waals surface area contributed by atoms with Crippen LogP contribution in [0.5, 0.6) is 0 Å². The van der Waals surface area contributed by atoms with Crippen LogP contribution in [0.2, 0.25) is 0 Å². The average Bonchev–Trinajstić information content (AvgIpc) is 2.87. The van der Waals surface area contributed by atoms with E-state index >= 15 is 0 Å². The van der Waals surface area contributed by atoms with Gasteiger partial charge >= 0.3 is 0 Å². The van der Waals surface area contributed by atoms with Crippen LogP contribution in [0.25, 0.3) is 32.9 Å². The van der Waals surface area contributed by atoms with Gasteiger partial charge in [0.25, 0.3) is 0 Å². The van der Waals surface area contributed by atoms with E-state index in [1.54, 1.807) is 0 Å². The molecule has 0 saturated carbocycles. The molecule has 24 heavy (non-hydrogen) atoms. The molecule has 0 spiro atoms. The first-order chi connectivity index (χ1) is 11.4. The van der Waals surface area contributed by atoms with Gasteiger partial charge in [-0.05, 0) is 40.3 Å². The van der Waals surface area contributed by atoms with Crippen LogP contribution in [0.15, 0.2) is 66.7 Å². The van der Waals surface area contributed by atoms with E-state index in [-0.39, 0.29) is 5.41 Å². The van der Waals surface area contributed by atoms with E-state index in [2.05, 4.69) is 99.1 Å². The van der Waals surface area contributed by atoms with Gasteiger partial charge in [0.1, 0.15) is 0 Å². The smallest absolute Gasteiger partial charge is 0.0494 e. The lowest BCUT2D eigenvalue weighted by atomic mass is 9.86. The van der Waals surface area contributed by atoms with Crippen molar-refractivity contribution in [3.63, 3.8) is 0 Å². The monoisotopic (exact) mass is 313 g/mol. The number of aryl methyl sites for hydroxylation is 1. The fourth-order valence-electron chi connectivity index (χ4n) is 3.49. The molecule has 0 amide bonds. The lowest BCUT2D eigenvalue weighted by molar-refractivity contribution is 0.591. The van der Waals surface area contributed by atoms with Gasteiger partial charge < -0.3 is 4.57 Å². The van der Waals surface area contributed by atoms with Gasteiger partial charge in [-0.2, -0.15) is 0 Å². The predicted octanol–water partition coefficient (Wildman–Crippen LogP) is 6.30. The molecule has 0 bridgehead atoms. The minimum atomic E-state index is 0.167. The molecule has 1 nitrogen and oxygen atoms in total.